The molecule has 8 rings (SSSR count). The fourth-order valence-corrected chi connectivity index (χ4v) is 8.16. The number of likely N-dealkylation sites (N-methyl/N-ethyl adjacent to an activating group) is 2. The van der Waals surface area contributed by atoms with Crippen LogP contribution in [0.25, 0.3) is 10.4 Å². The molecule has 2 aromatic carbocycles. The van der Waals surface area contributed by atoms with Crippen molar-refractivity contribution in [3.63, 3.8) is 0 Å². The van der Waals surface area contributed by atoms with Crippen molar-refractivity contribution in [2.75, 3.05) is 41.4 Å². The van der Waals surface area contributed by atoms with Crippen molar-refractivity contribution in [1.82, 2.24) is 29.7 Å². The zero-order valence-electron chi connectivity index (χ0n) is 29.7. The van der Waals surface area contributed by atoms with Crippen LogP contribution in [0.1, 0.15) is 86.3 Å². The van der Waals surface area contributed by atoms with Gasteiger partial charge >= 0.3 is 0 Å². The van der Waals surface area contributed by atoms with Gasteiger partial charge in [0.05, 0.1) is 39.0 Å². The Kier molecular flexibility index (Phi) is 11.8. The highest BCUT2D eigenvalue weighted by Gasteiger charge is 2.38. The number of aromatic nitrogens is 3. The molecule has 4 atom stereocenters. The average Bonchev–Trinajstić information content (AvgIpc) is 3.80. The minimum absolute atomic E-state index is 0.389. The summed E-state index contributed by atoms with van der Waals surface area (Å²) in [6, 6.07) is 18.3. The van der Waals surface area contributed by atoms with E-state index >= 15 is 0 Å². The number of methoxy groups -OCH3 is 2. The Bertz CT molecular complexity index is 1580. The Morgan fingerprint density at radius 1 is 0.796 bits per heavy atom. The number of nitrogens with zero attached hydrogens (tertiary/aromatic N) is 9. The molecule has 0 radical (unpaired) electrons. The molecule has 4 bridgehead atoms. The van der Waals surface area contributed by atoms with Gasteiger partial charge < -0.3 is 14.4 Å². The summed E-state index contributed by atoms with van der Waals surface area (Å²) in [4.78, 5) is 10.4. The molecule has 3 fully saturated rings. The topological polar surface area (TPSA) is 108 Å². The standard InChI is InChI=1S/C17H22N4O.C13H22N2.C8H9N3O/c1-20-13-4-3-5-15(20)17-16(10-13)21(19-18-17)11-12-6-8-14(22-2)9-7-12;1-14-11-5-4-6-12(14)10-13(9-11)15-7-2-3-8-15;1-12-8-4-2-7(3-5-8)6-10-11-9/h6-9,13,15H,3-5,10-11H2,1-2H3;9,11-12H,2-8,10H2,1H3;2-5H,6H2,1H3. The van der Waals surface area contributed by atoms with Gasteiger partial charge in [-0.05, 0) is 106 Å². The molecular formula is C38H53N9O2. The Labute approximate surface area is 291 Å². The lowest BCUT2D eigenvalue weighted by Gasteiger charge is -2.44. The van der Waals surface area contributed by atoms with Gasteiger partial charge in [-0.2, -0.15) is 0 Å². The van der Waals surface area contributed by atoms with Gasteiger partial charge in [-0.1, -0.05) is 41.0 Å². The highest BCUT2D eigenvalue weighted by atomic mass is 16.5. The minimum atomic E-state index is 0.389. The fourth-order valence-electron chi connectivity index (χ4n) is 8.16. The highest BCUT2D eigenvalue weighted by molar-refractivity contribution is 5.29. The number of likely N-dealkylation sites (tertiary alicyclic amines) is 1. The monoisotopic (exact) mass is 667 g/mol. The smallest absolute Gasteiger partial charge is 0.118 e. The molecule has 6 heterocycles. The minimum Gasteiger partial charge on any atom is -0.497 e. The SMILES string of the molecule is CN1C2C=C(N3CCCC3)CC1CCC2.COc1ccc(CN=[N+]=[N-])cc1.COc1ccc(Cn2nnc3c2CC2CCCC3N2C)cc1. The van der Waals surface area contributed by atoms with Crippen LogP contribution in [-0.2, 0) is 19.5 Å². The van der Waals surface area contributed by atoms with Crippen molar-refractivity contribution in [1.29, 1.82) is 0 Å². The molecule has 0 N–H and O–H groups in total. The van der Waals surface area contributed by atoms with E-state index in [4.69, 9.17) is 15.0 Å². The third-order valence-corrected chi connectivity index (χ3v) is 11.1. The molecule has 5 aliphatic heterocycles. The zero-order chi connectivity index (χ0) is 34.2. The third kappa shape index (κ3) is 8.40. The maximum atomic E-state index is 8.06. The molecule has 5 aliphatic rings. The first-order chi connectivity index (χ1) is 24.0. The molecule has 0 spiro atoms. The van der Waals surface area contributed by atoms with Gasteiger partial charge in [0, 0.05) is 54.7 Å². The summed E-state index contributed by atoms with van der Waals surface area (Å²) in [7, 11) is 7.85. The Hall–Kier alpha value is -4.05. The van der Waals surface area contributed by atoms with E-state index in [1.165, 1.54) is 87.8 Å². The van der Waals surface area contributed by atoms with Crippen LogP contribution in [0.3, 0.4) is 0 Å². The number of rotatable bonds is 7. The number of benzene rings is 2. The van der Waals surface area contributed by atoms with Crippen LogP contribution >= 0.6 is 0 Å². The quantitative estimate of drug-likeness (QED) is 0.150. The van der Waals surface area contributed by atoms with Crippen molar-refractivity contribution in [3.8, 4) is 11.5 Å². The lowest BCUT2D eigenvalue weighted by atomic mass is 9.85. The molecule has 11 heteroatoms. The van der Waals surface area contributed by atoms with E-state index in [1.54, 1.807) is 19.9 Å². The second kappa shape index (κ2) is 16.6. The lowest BCUT2D eigenvalue weighted by molar-refractivity contribution is 0.0953. The fraction of sp³-hybridized carbons (Fsp3) is 0.579. The van der Waals surface area contributed by atoms with E-state index < -0.39 is 0 Å². The molecule has 0 saturated carbocycles. The average molecular weight is 668 g/mol. The first-order valence-corrected chi connectivity index (χ1v) is 18.1. The molecule has 262 valence electrons. The Morgan fingerprint density at radius 3 is 2.06 bits per heavy atom. The predicted molar refractivity (Wildman–Crippen MR) is 193 cm³/mol. The molecule has 49 heavy (non-hydrogen) atoms. The molecule has 4 unspecified atom stereocenters. The largest absolute Gasteiger partial charge is 0.497 e. The predicted octanol–water partition coefficient (Wildman–Crippen LogP) is 7.14. The first-order valence-electron chi connectivity index (χ1n) is 18.1. The maximum Gasteiger partial charge on any atom is 0.118 e. The number of hydrogen-bond acceptors (Lipinski definition) is 8. The van der Waals surface area contributed by atoms with Crippen LogP contribution in [-0.4, -0.2) is 89.2 Å². The lowest BCUT2D eigenvalue weighted by Crippen LogP contribution is -2.47. The van der Waals surface area contributed by atoms with Crippen LogP contribution in [0.2, 0.25) is 0 Å². The van der Waals surface area contributed by atoms with Gasteiger partial charge in [0.25, 0.3) is 0 Å². The summed E-state index contributed by atoms with van der Waals surface area (Å²) < 4.78 is 12.3. The second-order valence-electron chi connectivity index (χ2n) is 14.0. The van der Waals surface area contributed by atoms with Crippen molar-refractivity contribution in [2.24, 2.45) is 5.11 Å². The normalized spacial score (nSPS) is 24.2. The summed E-state index contributed by atoms with van der Waals surface area (Å²) in [6.45, 7) is 3.81. The molecular weight excluding hydrogens is 614 g/mol. The molecule has 3 saturated heterocycles. The summed E-state index contributed by atoms with van der Waals surface area (Å²) in [6.07, 6.45) is 15.8. The Morgan fingerprint density at radius 2 is 1.43 bits per heavy atom. The van der Waals surface area contributed by atoms with Gasteiger partial charge in [-0.15, -0.1) is 5.10 Å². The molecule has 11 nitrogen and oxygen atoms in total. The van der Waals surface area contributed by atoms with Crippen molar-refractivity contribution in [3.05, 3.63) is 93.3 Å². The van der Waals surface area contributed by atoms with Crippen LogP contribution < -0.4 is 9.47 Å². The Balaban J connectivity index is 0.000000135. The van der Waals surface area contributed by atoms with E-state index in [9.17, 15) is 0 Å². The molecule has 0 amide bonds. The summed E-state index contributed by atoms with van der Waals surface area (Å²) in [5.41, 5.74) is 14.5. The van der Waals surface area contributed by atoms with Crippen LogP contribution in [0.5, 0.6) is 11.5 Å². The zero-order valence-corrected chi connectivity index (χ0v) is 29.7. The van der Waals surface area contributed by atoms with Crippen molar-refractivity contribution < 1.29 is 9.47 Å². The van der Waals surface area contributed by atoms with Crippen molar-refractivity contribution in [2.45, 2.75) is 101 Å². The number of hydrogen-bond donors (Lipinski definition) is 0. The molecule has 1 aromatic heterocycles. The number of azide groups is 1. The van der Waals surface area contributed by atoms with E-state index in [0.717, 1.165) is 42.1 Å². The number of piperidine rings is 2. The van der Waals surface area contributed by atoms with Crippen molar-refractivity contribution >= 4 is 0 Å². The second-order valence-corrected chi connectivity index (χ2v) is 14.0. The first kappa shape index (κ1) is 34.8. The van der Waals surface area contributed by atoms with E-state index in [-0.39, 0.29) is 0 Å². The molecule has 0 aliphatic carbocycles. The summed E-state index contributed by atoms with van der Waals surface area (Å²) >= 11 is 0. The van der Waals surface area contributed by atoms with Crippen LogP contribution in [0.4, 0.5) is 0 Å². The van der Waals surface area contributed by atoms with Gasteiger partial charge in [0.1, 0.15) is 17.2 Å². The number of ether oxygens (including phenoxy) is 2. The maximum absolute atomic E-state index is 8.06. The van der Waals surface area contributed by atoms with E-state index in [2.05, 4.69) is 72.0 Å². The van der Waals surface area contributed by atoms with E-state index in [1.807, 2.05) is 36.4 Å². The van der Waals surface area contributed by atoms with Crippen LogP contribution in [0, 0.1) is 0 Å². The van der Waals surface area contributed by atoms with Gasteiger partial charge in [-0.3, -0.25) is 9.80 Å². The number of fused-ring (bicyclic) bond motifs is 6. The summed E-state index contributed by atoms with van der Waals surface area (Å²) in [5, 5.41) is 12.4. The third-order valence-electron chi connectivity index (χ3n) is 11.1. The molecule has 3 aromatic rings. The van der Waals surface area contributed by atoms with Crippen LogP contribution in [0.15, 0.2) is 65.4 Å². The highest BCUT2D eigenvalue weighted by Crippen LogP contribution is 2.39. The van der Waals surface area contributed by atoms with Gasteiger partial charge in [-0.25, -0.2) is 4.68 Å². The summed E-state index contributed by atoms with van der Waals surface area (Å²) in [5.74, 6) is 1.69. The van der Waals surface area contributed by atoms with E-state index in [0.29, 0.717) is 18.6 Å². The van der Waals surface area contributed by atoms with Gasteiger partial charge in [0.15, 0.2) is 0 Å². The van der Waals surface area contributed by atoms with Gasteiger partial charge in [0.2, 0.25) is 0 Å².